The van der Waals surface area contributed by atoms with Gasteiger partial charge in [0.15, 0.2) is 11.4 Å². The van der Waals surface area contributed by atoms with Gasteiger partial charge in [0, 0.05) is 33.7 Å². The predicted molar refractivity (Wildman–Crippen MR) is 219 cm³/mol. The number of hydrogen-bond acceptors (Lipinski definition) is 5. The molecule has 0 saturated heterocycles. The number of nitrogens with zero attached hydrogens (tertiary/aromatic N) is 3. The zero-order valence-corrected chi connectivity index (χ0v) is 28.5. The van der Waals surface area contributed by atoms with Gasteiger partial charge >= 0.3 is 0 Å². The van der Waals surface area contributed by atoms with Crippen molar-refractivity contribution in [3.05, 3.63) is 187 Å². The van der Waals surface area contributed by atoms with Crippen LogP contribution in [0.2, 0.25) is 0 Å². The summed E-state index contributed by atoms with van der Waals surface area (Å²) in [5.41, 5.74) is 6.63. The van der Waals surface area contributed by atoms with Gasteiger partial charge in [-0.25, -0.2) is 9.98 Å². The fourth-order valence-corrected chi connectivity index (χ4v) is 8.01. The Morgan fingerprint density at radius 1 is 0.509 bits per heavy atom. The summed E-state index contributed by atoms with van der Waals surface area (Å²) in [5, 5.41) is 15.2. The van der Waals surface area contributed by atoms with Gasteiger partial charge in [-0.15, -0.1) is 0 Å². The van der Waals surface area contributed by atoms with Crippen molar-refractivity contribution in [2.24, 2.45) is 9.98 Å². The second-order valence-electron chi connectivity index (χ2n) is 13.7. The summed E-state index contributed by atoms with van der Waals surface area (Å²) in [4.78, 5) is 15.0. The molecule has 1 N–H and O–H groups in total. The SMILES string of the molecule is c1ccc2cc(C3=NC(c4ccc5ccccc5c4)NC(c4ccc(-c5cc6ccccc6c6ccccc56)c5oc6cnccc6c45)=N3)ccc2c1. The molecule has 1 unspecified atom stereocenters. The van der Waals surface area contributed by atoms with Crippen LogP contribution in [0.5, 0.6) is 0 Å². The van der Waals surface area contributed by atoms with E-state index in [0.717, 1.165) is 61.0 Å². The van der Waals surface area contributed by atoms with Gasteiger partial charge in [0.25, 0.3) is 0 Å². The molecule has 0 amide bonds. The molecule has 5 nitrogen and oxygen atoms in total. The maximum absolute atomic E-state index is 6.77. The van der Waals surface area contributed by atoms with Crippen molar-refractivity contribution in [3.8, 4) is 11.1 Å². The number of nitrogens with one attached hydrogen (secondary N) is 1. The first-order chi connectivity index (χ1) is 26.2. The summed E-state index contributed by atoms with van der Waals surface area (Å²) in [7, 11) is 0. The molecule has 2 aromatic heterocycles. The highest BCUT2D eigenvalue weighted by Crippen LogP contribution is 2.42. The van der Waals surface area contributed by atoms with E-state index in [0.29, 0.717) is 5.84 Å². The van der Waals surface area contributed by atoms with E-state index in [4.69, 9.17) is 14.4 Å². The average Bonchev–Trinajstić information content (AvgIpc) is 3.62. The Hall–Kier alpha value is -7.11. The zero-order valence-electron chi connectivity index (χ0n) is 28.5. The molecule has 248 valence electrons. The third-order valence-electron chi connectivity index (χ3n) is 10.6. The third-order valence-corrected chi connectivity index (χ3v) is 10.6. The molecule has 1 atom stereocenters. The van der Waals surface area contributed by atoms with E-state index in [2.05, 4.69) is 162 Å². The van der Waals surface area contributed by atoms with Crippen molar-refractivity contribution >= 4 is 76.7 Å². The van der Waals surface area contributed by atoms with Gasteiger partial charge in [-0.05, 0) is 90.6 Å². The maximum Gasteiger partial charge on any atom is 0.159 e. The number of rotatable bonds is 4. The molecule has 1 aliphatic rings. The van der Waals surface area contributed by atoms with Gasteiger partial charge in [-0.3, -0.25) is 4.98 Å². The van der Waals surface area contributed by atoms with Gasteiger partial charge in [-0.2, -0.15) is 0 Å². The van der Waals surface area contributed by atoms with Crippen LogP contribution in [-0.2, 0) is 0 Å². The van der Waals surface area contributed by atoms with E-state index in [-0.39, 0.29) is 6.17 Å². The summed E-state index contributed by atoms with van der Waals surface area (Å²) in [6, 6.07) is 55.7. The van der Waals surface area contributed by atoms with E-state index in [1.54, 1.807) is 6.20 Å². The Kier molecular flexibility index (Phi) is 6.55. The molecule has 10 aromatic rings. The molecule has 3 heterocycles. The van der Waals surface area contributed by atoms with Crippen LogP contribution in [0.4, 0.5) is 0 Å². The minimum atomic E-state index is -0.368. The van der Waals surface area contributed by atoms with Crippen molar-refractivity contribution in [1.82, 2.24) is 10.3 Å². The molecular weight excluding hydrogens is 649 g/mol. The van der Waals surface area contributed by atoms with E-state index < -0.39 is 0 Å². The number of amidine groups is 2. The molecule has 8 aromatic carbocycles. The van der Waals surface area contributed by atoms with Crippen molar-refractivity contribution in [3.63, 3.8) is 0 Å². The Morgan fingerprint density at radius 2 is 1.19 bits per heavy atom. The van der Waals surface area contributed by atoms with Crippen molar-refractivity contribution in [2.45, 2.75) is 6.17 Å². The van der Waals surface area contributed by atoms with E-state index in [1.807, 2.05) is 12.3 Å². The second-order valence-corrected chi connectivity index (χ2v) is 13.7. The van der Waals surface area contributed by atoms with Crippen molar-refractivity contribution in [1.29, 1.82) is 0 Å². The van der Waals surface area contributed by atoms with Crippen LogP contribution < -0.4 is 5.32 Å². The van der Waals surface area contributed by atoms with Gasteiger partial charge in [-0.1, -0.05) is 121 Å². The number of furan rings is 1. The highest BCUT2D eigenvalue weighted by Gasteiger charge is 2.26. The minimum absolute atomic E-state index is 0.368. The van der Waals surface area contributed by atoms with Gasteiger partial charge in [0.2, 0.25) is 0 Å². The lowest BCUT2D eigenvalue weighted by atomic mass is 9.91. The molecule has 0 saturated carbocycles. The lowest BCUT2D eigenvalue weighted by Crippen LogP contribution is -2.33. The molecule has 0 spiro atoms. The molecule has 0 bridgehead atoms. The van der Waals surface area contributed by atoms with Crippen LogP contribution in [0.3, 0.4) is 0 Å². The van der Waals surface area contributed by atoms with Crippen LogP contribution >= 0.6 is 0 Å². The molecule has 53 heavy (non-hydrogen) atoms. The summed E-state index contributed by atoms with van der Waals surface area (Å²) >= 11 is 0. The molecule has 11 rings (SSSR count). The maximum atomic E-state index is 6.77. The topological polar surface area (TPSA) is 62.8 Å². The quantitative estimate of drug-likeness (QED) is 0.188. The molecule has 0 radical (unpaired) electrons. The van der Waals surface area contributed by atoms with Crippen LogP contribution in [0.1, 0.15) is 22.9 Å². The first kappa shape index (κ1) is 29.6. The molecule has 0 fully saturated rings. The lowest BCUT2D eigenvalue weighted by Gasteiger charge is -2.24. The largest absolute Gasteiger partial charge is 0.454 e. The van der Waals surface area contributed by atoms with Gasteiger partial charge in [0.1, 0.15) is 17.6 Å². The monoisotopic (exact) mass is 678 g/mol. The lowest BCUT2D eigenvalue weighted by molar-refractivity contribution is 0.667. The summed E-state index contributed by atoms with van der Waals surface area (Å²) in [6.07, 6.45) is 3.26. The smallest absolute Gasteiger partial charge is 0.159 e. The Labute approximate surface area is 304 Å². The summed E-state index contributed by atoms with van der Waals surface area (Å²) in [5.74, 6) is 1.41. The minimum Gasteiger partial charge on any atom is -0.454 e. The molecule has 5 heteroatoms. The molecular formula is C48H30N4O. The highest BCUT2D eigenvalue weighted by molar-refractivity contribution is 6.25. The summed E-state index contributed by atoms with van der Waals surface area (Å²) in [6.45, 7) is 0. The zero-order chi connectivity index (χ0) is 34.9. The highest BCUT2D eigenvalue weighted by atomic mass is 16.3. The number of aromatic nitrogens is 1. The Balaban J connectivity index is 1.15. The fraction of sp³-hybridized carbons (Fsp3) is 0.0208. The van der Waals surface area contributed by atoms with Gasteiger partial charge < -0.3 is 9.73 Å². The first-order valence-electron chi connectivity index (χ1n) is 17.9. The van der Waals surface area contributed by atoms with Crippen LogP contribution in [0, 0.1) is 0 Å². The first-order valence-corrected chi connectivity index (χ1v) is 17.9. The molecule has 1 aliphatic heterocycles. The fourth-order valence-electron chi connectivity index (χ4n) is 8.01. The third kappa shape index (κ3) is 4.82. The second kappa shape index (κ2) is 11.7. The number of benzene rings is 8. The Morgan fingerprint density at radius 3 is 2.02 bits per heavy atom. The van der Waals surface area contributed by atoms with Crippen molar-refractivity contribution < 1.29 is 4.42 Å². The van der Waals surface area contributed by atoms with E-state index >= 15 is 0 Å². The van der Waals surface area contributed by atoms with E-state index in [1.165, 1.54) is 37.7 Å². The number of hydrogen-bond donors (Lipinski definition) is 1. The standard InChI is InChI=1S/C48H30N4O/c1-3-11-31-25-34(19-17-29(31)9-1)46-50-47(35-20-18-30-10-2-4-12-32(30)26-35)52-48(51-46)41-22-21-39(45-44(41)40-23-24-49-28-43(40)53-45)42-27-33-13-5-6-14-36(33)37-15-7-8-16-38(37)42/h1-28,46H,(H,50,51,52). The number of aliphatic imine (C=N–C) groups is 2. The normalized spacial score (nSPS) is 14.6. The van der Waals surface area contributed by atoms with Crippen LogP contribution in [0.15, 0.2) is 185 Å². The number of fused-ring (bicyclic) bond motifs is 8. The van der Waals surface area contributed by atoms with E-state index in [9.17, 15) is 0 Å². The van der Waals surface area contributed by atoms with Crippen LogP contribution in [-0.4, -0.2) is 16.7 Å². The average molecular weight is 679 g/mol. The number of pyridine rings is 1. The predicted octanol–water partition coefficient (Wildman–Crippen LogP) is 11.8. The van der Waals surface area contributed by atoms with Crippen LogP contribution in [0.25, 0.3) is 76.2 Å². The summed E-state index contributed by atoms with van der Waals surface area (Å²) < 4.78 is 6.77. The van der Waals surface area contributed by atoms with Crippen molar-refractivity contribution in [2.75, 3.05) is 0 Å². The van der Waals surface area contributed by atoms with Gasteiger partial charge in [0.05, 0.1) is 6.20 Å². The Bertz CT molecular complexity index is 3170. The molecule has 0 aliphatic carbocycles.